The molecule has 0 saturated carbocycles. The Balaban J connectivity index is 0.667. The molecule has 0 bridgehead atoms. The van der Waals surface area contributed by atoms with E-state index in [0.717, 1.165) is 134 Å². The summed E-state index contributed by atoms with van der Waals surface area (Å²) in [4.78, 5) is 26.6. The summed E-state index contributed by atoms with van der Waals surface area (Å²) in [6.07, 6.45) is 1.42. The van der Waals surface area contributed by atoms with Gasteiger partial charge in [0.15, 0.2) is 11.2 Å². The predicted octanol–water partition coefficient (Wildman–Crippen LogP) is 19.4. The number of nitrogens with one attached hydrogen (secondary N) is 2. The van der Waals surface area contributed by atoms with Crippen LogP contribution < -0.4 is 10.0 Å². The highest BCUT2D eigenvalue weighted by Crippen LogP contribution is 2.42. The lowest BCUT2D eigenvalue weighted by atomic mass is 9.87. The van der Waals surface area contributed by atoms with Gasteiger partial charge >= 0.3 is 0 Å². The van der Waals surface area contributed by atoms with E-state index in [1.807, 2.05) is 48.5 Å². The molecular formula is C78H64N10O2. The number of H-pyrrole nitrogens is 2. The number of nitrogens with zero attached hydrogens (tertiary/aromatic N) is 8. The molecule has 2 aliphatic heterocycles. The van der Waals surface area contributed by atoms with Gasteiger partial charge in [-0.2, -0.15) is 10.2 Å². The second kappa shape index (κ2) is 21.4. The van der Waals surface area contributed by atoms with Gasteiger partial charge in [0.1, 0.15) is 22.7 Å². The lowest BCUT2D eigenvalue weighted by Gasteiger charge is -2.24. The molecule has 0 saturated heterocycles. The maximum Gasteiger partial charge on any atom is 0.227 e. The molecule has 0 amide bonds. The van der Waals surface area contributed by atoms with E-state index in [2.05, 4.69) is 244 Å². The second-order valence-electron chi connectivity index (χ2n) is 25.8. The summed E-state index contributed by atoms with van der Waals surface area (Å²) in [5, 5.41) is 15.1. The minimum absolute atomic E-state index is 0.00837. The number of aromatic nitrogens is 6. The summed E-state index contributed by atoms with van der Waals surface area (Å²) in [6.45, 7) is 13.3. The summed E-state index contributed by atoms with van der Waals surface area (Å²) < 4.78 is 12.6. The van der Waals surface area contributed by atoms with Crippen LogP contribution >= 0.6 is 0 Å². The quantitative estimate of drug-likeness (QED) is 0.130. The Labute approximate surface area is 521 Å². The van der Waals surface area contributed by atoms with Crippen LogP contribution in [0.25, 0.3) is 101 Å². The highest BCUT2D eigenvalue weighted by molar-refractivity contribution is 6.05. The van der Waals surface area contributed by atoms with Crippen LogP contribution in [0.5, 0.6) is 0 Å². The van der Waals surface area contributed by atoms with E-state index in [0.29, 0.717) is 24.6 Å². The van der Waals surface area contributed by atoms with Gasteiger partial charge in [-0.15, -0.1) is 0 Å². The minimum Gasteiger partial charge on any atom is -0.436 e. The van der Waals surface area contributed by atoms with E-state index in [1.54, 1.807) is 0 Å². The van der Waals surface area contributed by atoms with Crippen molar-refractivity contribution in [2.75, 3.05) is 10.0 Å². The van der Waals surface area contributed by atoms with Crippen LogP contribution in [-0.4, -0.2) is 41.3 Å². The number of imidazole rings is 2. The lowest BCUT2D eigenvalue weighted by Crippen LogP contribution is -2.18. The third-order valence-electron chi connectivity index (χ3n) is 17.8. The Morgan fingerprint density at radius 3 is 1.09 bits per heavy atom. The maximum absolute atomic E-state index is 6.31. The maximum atomic E-state index is 6.31. The van der Waals surface area contributed by atoms with Crippen LogP contribution in [0.15, 0.2) is 250 Å². The molecule has 2 unspecified atom stereocenters. The number of para-hydroxylation sites is 4. The van der Waals surface area contributed by atoms with Gasteiger partial charge in [-0.1, -0.05) is 151 Å². The SMILES string of the molecule is CC(C)(C)c1ccc2oc(-c3ccc(C4CC(c5ccc(-c6ccc(C7=NN(c8ccc(-c9nc%10ccccc%10[nH]9)cc8)C(c8ccc(-c9nc%10cc(C(C)(C)C)ccc%10o9)cc8)C7)cc6)cc5)=NN4c4ccc(-c5nc6ccccc6[nH]5)cc4)cc3)nc2c1. The average Bonchev–Trinajstić information content (AvgIpc) is 1.97. The number of fused-ring (bicyclic) bond motifs is 4. The molecule has 0 aliphatic carbocycles. The van der Waals surface area contributed by atoms with Gasteiger partial charge in [0.2, 0.25) is 11.8 Å². The van der Waals surface area contributed by atoms with Crippen molar-refractivity contribution in [2.24, 2.45) is 10.2 Å². The van der Waals surface area contributed by atoms with Crippen LogP contribution in [-0.2, 0) is 10.8 Å². The number of rotatable bonds is 11. The molecule has 4 aromatic heterocycles. The van der Waals surface area contributed by atoms with Gasteiger partial charge in [0, 0.05) is 35.1 Å². The standard InChI is InChI=1S/C78H64N10O2/c1-77(2,3)57-35-41-71-67(43-57)83-75(89-71)55-27-23-51(24-28-55)69-45-65(85-87(69)59-37-31-53(32-38-59)73-79-61-11-7-8-12-62(61)80-73)49-19-15-47(16-20-49)48-17-21-50(22-18-48)66-46-70(88(86-66)60-39-33-54(34-40-60)74-81-63-13-9-10-14-64(63)82-74)52-25-29-56(30-26-52)76-84-68-44-58(78(4,5)6)36-42-72(68)90-76/h7-44,69-70H,45-46H2,1-6H3,(H,79,80)(H,81,82). The molecule has 6 heterocycles. The summed E-state index contributed by atoms with van der Waals surface area (Å²) >= 11 is 0. The molecule has 2 N–H and O–H groups in total. The molecule has 2 atom stereocenters. The number of anilines is 2. The highest BCUT2D eigenvalue weighted by Gasteiger charge is 2.33. The van der Waals surface area contributed by atoms with Crippen LogP contribution in [0.2, 0.25) is 0 Å². The van der Waals surface area contributed by atoms with E-state index < -0.39 is 0 Å². The minimum atomic E-state index is -0.0611. The Morgan fingerprint density at radius 2 is 0.711 bits per heavy atom. The Hall–Kier alpha value is -11.0. The van der Waals surface area contributed by atoms with Gasteiger partial charge in [-0.05, 0) is 177 Å². The number of aromatic amines is 2. The second-order valence-corrected chi connectivity index (χ2v) is 25.8. The number of benzene rings is 10. The van der Waals surface area contributed by atoms with E-state index >= 15 is 0 Å². The van der Waals surface area contributed by atoms with Crippen molar-refractivity contribution in [3.05, 3.63) is 264 Å². The molecule has 0 spiro atoms. The summed E-state index contributed by atoms with van der Waals surface area (Å²) in [5.74, 6) is 2.88. The van der Waals surface area contributed by atoms with E-state index in [-0.39, 0.29) is 22.9 Å². The molecule has 16 rings (SSSR count). The monoisotopic (exact) mass is 1170 g/mol. The van der Waals surface area contributed by atoms with Crippen molar-refractivity contribution in [1.29, 1.82) is 0 Å². The van der Waals surface area contributed by atoms with Gasteiger partial charge in [0.25, 0.3) is 0 Å². The van der Waals surface area contributed by atoms with Crippen LogP contribution in [0.3, 0.4) is 0 Å². The first kappa shape index (κ1) is 54.4. The molecule has 90 heavy (non-hydrogen) atoms. The summed E-state index contributed by atoms with van der Waals surface area (Å²) in [6, 6.07) is 80.7. The van der Waals surface area contributed by atoms with E-state index in [9.17, 15) is 0 Å². The molecule has 10 aromatic carbocycles. The smallest absolute Gasteiger partial charge is 0.227 e. The fraction of sp³-hybridized carbons (Fsp3) is 0.154. The predicted molar refractivity (Wildman–Crippen MR) is 364 cm³/mol. The van der Waals surface area contributed by atoms with Crippen molar-refractivity contribution in [3.8, 4) is 56.8 Å². The molecular weight excluding hydrogens is 1110 g/mol. The van der Waals surface area contributed by atoms with Gasteiger partial charge in [0.05, 0.1) is 56.9 Å². The van der Waals surface area contributed by atoms with Crippen molar-refractivity contribution in [3.63, 3.8) is 0 Å². The van der Waals surface area contributed by atoms with Crippen LogP contribution in [0, 0.1) is 0 Å². The molecule has 12 nitrogen and oxygen atoms in total. The normalized spacial score (nSPS) is 15.4. The number of hydrogen-bond acceptors (Lipinski definition) is 10. The van der Waals surface area contributed by atoms with Crippen molar-refractivity contribution < 1.29 is 8.83 Å². The zero-order chi connectivity index (χ0) is 60.8. The largest absolute Gasteiger partial charge is 0.436 e. The van der Waals surface area contributed by atoms with Gasteiger partial charge in [-0.3, -0.25) is 10.0 Å². The third kappa shape index (κ3) is 10.2. The fourth-order valence-corrected chi connectivity index (χ4v) is 12.5. The van der Waals surface area contributed by atoms with E-state index in [4.69, 9.17) is 39.0 Å². The summed E-state index contributed by atoms with van der Waals surface area (Å²) in [7, 11) is 0. The third-order valence-corrected chi connectivity index (χ3v) is 17.8. The molecule has 14 aromatic rings. The molecule has 12 heteroatoms. The zero-order valence-corrected chi connectivity index (χ0v) is 50.9. The van der Waals surface area contributed by atoms with Crippen molar-refractivity contribution >= 4 is 67.1 Å². The first-order valence-electron chi connectivity index (χ1n) is 30.8. The van der Waals surface area contributed by atoms with Crippen LogP contribution in [0.4, 0.5) is 11.4 Å². The Bertz CT molecular complexity index is 4690. The average molecular weight is 1170 g/mol. The molecule has 2 aliphatic rings. The Kier molecular flexibility index (Phi) is 12.9. The summed E-state index contributed by atoms with van der Waals surface area (Å²) in [5.41, 5.74) is 24.2. The zero-order valence-electron chi connectivity index (χ0n) is 50.9. The highest BCUT2D eigenvalue weighted by atomic mass is 16.4. The van der Waals surface area contributed by atoms with E-state index in [1.165, 1.54) is 11.1 Å². The lowest BCUT2D eigenvalue weighted by molar-refractivity contribution is 0.589. The van der Waals surface area contributed by atoms with Gasteiger partial charge < -0.3 is 18.8 Å². The van der Waals surface area contributed by atoms with Crippen molar-refractivity contribution in [1.82, 2.24) is 29.9 Å². The number of hydrazone groups is 2. The van der Waals surface area contributed by atoms with Crippen molar-refractivity contribution in [2.45, 2.75) is 77.3 Å². The Morgan fingerprint density at radius 1 is 0.356 bits per heavy atom. The van der Waals surface area contributed by atoms with Gasteiger partial charge in [-0.25, -0.2) is 19.9 Å². The number of hydrogen-bond donors (Lipinski definition) is 2. The number of oxazole rings is 2. The fourth-order valence-electron chi connectivity index (χ4n) is 12.5. The van der Waals surface area contributed by atoms with Crippen LogP contribution in [0.1, 0.15) is 99.8 Å². The molecule has 438 valence electrons. The molecule has 0 fully saturated rings. The topological polar surface area (TPSA) is 141 Å². The molecule has 0 radical (unpaired) electrons. The first-order chi connectivity index (χ1) is 43.7. The first-order valence-corrected chi connectivity index (χ1v) is 30.8.